The van der Waals surface area contributed by atoms with Crippen LogP contribution in [0.25, 0.3) is 6.08 Å². The highest BCUT2D eigenvalue weighted by atomic mass is 13.8. The minimum absolute atomic E-state index is 1.17. The lowest BCUT2D eigenvalue weighted by molar-refractivity contribution is 1.67. The summed E-state index contributed by atoms with van der Waals surface area (Å²) in [5.41, 5.74) is 1.17. The van der Waals surface area contributed by atoms with Crippen molar-refractivity contribution in [3.05, 3.63) is 118 Å². The maximum absolute atomic E-state index is 3.63. The van der Waals surface area contributed by atoms with E-state index in [4.69, 9.17) is 0 Å². The maximum Gasteiger partial charge on any atom is -0.0263 e. The third kappa shape index (κ3) is 23.0. The van der Waals surface area contributed by atoms with Gasteiger partial charge >= 0.3 is 0 Å². The van der Waals surface area contributed by atoms with E-state index in [0.717, 1.165) is 0 Å². The molecule has 0 fully saturated rings. The van der Waals surface area contributed by atoms with Gasteiger partial charge in [-0.1, -0.05) is 85.5 Å². The lowest BCUT2D eigenvalue weighted by Gasteiger charge is -1.85. The van der Waals surface area contributed by atoms with Gasteiger partial charge in [0.25, 0.3) is 0 Å². The maximum atomic E-state index is 3.63. The minimum atomic E-state index is 1.17. The van der Waals surface area contributed by atoms with Crippen molar-refractivity contribution in [3.63, 3.8) is 0 Å². The van der Waals surface area contributed by atoms with E-state index in [1.807, 2.05) is 79.7 Å². The SMILES string of the molecule is C=C.C=C.C=CC.C=Cc1ccccc1.c1ccccc1. The van der Waals surface area contributed by atoms with Gasteiger partial charge in [-0.05, 0) is 12.5 Å². The summed E-state index contributed by atoms with van der Waals surface area (Å²) in [6, 6.07) is 22.0. The van der Waals surface area contributed by atoms with E-state index in [9.17, 15) is 0 Å². The first-order valence-electron chi connectivity index (χ1n) is 6.59. The topological polar surface area (TPSA) is 0 Å². The van der Waals surface area contributed by atoms with Crippen LogP contribution < -0.4 is 0 Å². The van der Waals surface area contributed by atoms with Crippen molar-refractivity contribution in [2.24, 2.45) is 0 Å². The van der Waals surface area contributed by atoms with Crippen LogP contribution in [0.15, 0.2) is 112 Å². The summed E-state index contributed by atoms with van der Waals surface area (Å²) in [4.78, 5) is 0. The van der Waals surface area contributed by atoms with Crippen LogP contribution in [-0.4, -0.2) is 0 Å². The molecule has 0 aliphatic heterocycles. The third-order valence-corrected chi connectivity index (χ3v) is 1.70. The molecule has 0 heterocycles. The Hall–Kier alpha value is -2.60. The Kier molecular flexibility index (Phi) is 29.2. The van der Waals surface area contributed by atoms with Crippen LogP contribution in [0.1, 0.15) is 12.5 Å². The first-order chi connectivity index (χ1) is 10.3. The molecule has 0 amide bonds. The summed E-state index contributed by atoms with van der Waals surface area (Å²) < 4.78 is 0. The molecule has 0 unspecified atom stereocenters. The van der Waals surface area contributed by atoms with Crippen molar-refractivity contribution in [3.8, 4) is 0 Å². The zero-order valence-electron chi connectivity index (χ0n) is 13.2. The molecule has 0 N–H and O–H groups in total. The first kappa shape index (κ1) is 23.5. The lowest BCUT2D eigenvalue weighted by Crippen LogP contribution is -1.63. The summed E-state index contributed by atoms with van der Waals surface area (Å²) in [6.07, 6.45) is 3.58. The van der Waals surface area contributed by atoms with E-state index in [1.54, 1.807) is 6.08 Å². The van der Waals surface area contributed by atoms with Crippen molar-refractivity contribution in [1.82, 2.24) is 0 Å². The van der Waals surface area contributed by atoms with Crippen LogP contribution in [0, 0.1) is 0 Å². The van der Waals surface area contributed by atoms with Gasteiger partial charge in [0.2, 0.25) is 0 Å². The molecular weight excluding hydrogens is 252 g/mol. The second-order valence-electron chi connectivity index (χ2n) is 3.18. The monoisotopic (exact) mass is 280 g/mol. The second kappa shape index (κ2) is 26.1. The predicted molar refractivity (Wildman–Crippen MR) is 101 cm³/mol. The van der Waals surface area contributed by atoms with Crippen LogP contribution in [0.2, 0.25) is 0 Å². The average molecular weight is 280 g/mol. The van der Waals surface area contributed by atoms with Crippen molar-refractivity contribution in [1.29, 1.82) is 0 Å². The molecule has 0 bridgehead atoms. The molecule has 2 aromatic carbocycles. The summed E-state index contributed by atoms with van der Waals surface area (Å²) >= 11 is 0. The summed E-state index contributed by atoms with van der Waals surface area (Å²) in [5, 5.41) is 0. The van der Waals surface area contributed by atoms with E-state index in [-0.39, 0.29) is 0 Å². The molecule has 21 heavy (non-hydrogen) atoms. The van der Waals surface area contributed by atoms with Crippen molar-refractivity contribution in [2.45, 2.75) is 6.92 Å². The smallest absolute Gasteiger partial charge is 0.0263 e. The molecule has 0 atom stereocenters. The number of hydrogen-bond donors (Lipinski definition) is 0. The Morgan fingerprint density at radius 1 is 0.619 bits per heavy atom. The second-order valence-corrected chi connectivity index (χ2v) is 3.18. The third-order valence-electron chi connectivity index (χ3n) is 1.70. The van der Waals surface area contributed by atoms with Crippen LogP contribution >= 0.6 is 0 Å². The zero-order chi connectivity index (χ0) is 16.8. The molecule has 0 aromatic heterocycles. The van der Waals surface area contributed by atoms with Crippen molar-refractivity contribution < 1.29 is 0 Å². The zero-order valence-corrected chi connectivity index (χ0v) is 13.2. The summed E-state index contributed by atoms with van der Waals surface area (Å²) in [6.45, 7) is 20.9. The number of benzene rings is 2. The van der Waals surface area contributed by atoms with Crippen molar-refractivity contribution in [2.75, 3.05) is 0 Å². The highest BCUT2D eigenvalue weighted by Crippen LogP contribution is 1.97. The minimum Gasteiger partial charge on any atom is -0.106 e. The molecule has 0 nitrogen and oxygen atoms in total. The molecule has 0 heteroatoms. The van der Waals surface area contributed by atoms with E-state index >= 15 is 0 Å². The van der Waals surface area contributed by atoms with Gasteiger partial charge < -0.3 is 0 Å². The van der Waals surface area contributed by atoms with E-state index < -0.39 is 0 Å². The van der Waals surface area contributed by atoms with Crippen LogP contribution in [-0.2, 0) is 0 Å². The van der Waals surface area contributed by atoms with Gasteiger partial charge in [-0.3, -0.25) is 0 Å². The Morgan fingerprint density at radius 3 is 1.05 bits per heavy atom. The molecule has 0 aliphatic rings. The highest BCUT2D eigenvalue weighted by Gasteiger charge is 1.75. The molecule has 112 valence electrons. The lowest BCUT2D eigenvalue weighted by atomic mass is 10.2. The quantitative estimate of drug-likeness (QED) is 0.503. The molecule has 0 spiro atoms. The molecule has 2 aromatic rings. The molecular formula is C21H28. The molecule has 2 rings (SSSR count). The fourth-order valence-corrected chi connectivity index (χ4v) is 0.974. The summed E-state index contributed by atoms with van der Waals surface area (Å²) in [5.74, 6) is 0. The Morgan fingerprint density at radius 2 is 0.857 bits per heavy atom. The average Bonchev–Trinajstić information content (AvgIpc) is 2.62. The number of hydrogen-bond acceptors (Lipinski definition) is 0. The van der Waals surface area contributed by atoms with Gasteiger partial charge in [0.1, 0.15) is 0 Å². The molecule has 0 saturated heterocycles. The van der Waals surface area contributed by atoms with Gasteiger partial charge in [-0.2, -0.15) is 0 Å². The predicted octanol–water partition coefficient (Wildman–Crippen LogP) is 6.81. The van der Waals surface area contributed by atoms with Crippen LogP contribution in [0.4, 0.5) is 0 Å². The van der Waals surface area contributed by atoms with Crippen LogP contribution in [0.3, 0.4) is 0 Å². The van der Waals surface area contributed by atoms with E-state index in [2.05, 4.69) is 39.5 Å². The Balaban J connectivity index is -0.000000222. The first-order valence-corrected chi connectivity index (χ1v) is 6.59. The molecule has 0 aliphatic carbocycles. The van der Waals surface area contributed by atoms with E-state index in [1.165, 1.54) is 5.56 Å². The summed E-state index contributed by atoms with van der Waals surface area (Å²) in [7, 11) is 0. The Labute approximate surface area is 131 Å². The number of rotatable bonds is 1. The highest BCUT2D eigenvalue weighted by molar-refractivity contribution is 5.45. The Bertz CT molecular complexity index is 372. The fraction of sp³-hybridized carbons (Fsp3) is 0.0476. The van der Waals surface area contributed by atoms with Crippen LogP contribution in [0.5, 0.6) is 0 Å². The van der Waals surface area contributed by atoms with Gasteiger partial charge in [0, 0.05) is 0 Å². The normalized spacial score (nSPS) is 6.52. The fourth-order valence-electron chi connectivity index (χ4n) is 0.974. The molecule has 0 saturated carbocycles. The van der Waals surface area contributed by atoms with Gasteiger partial charge in [0.05, 0.1) is 0 Å². The molecule has 0 radical (unpaired) electrons. The van der Waals surface area contributed by atoms with E-state index in [0.29, 0.717) is 0 Å². The standard InChI is InChI=1S/C8H8.C6H6.C3H6.2C2H4/c1-2-8-6-4-3-5-7-8;1-2-4-6-5-3-1;1-3-2;2*1-2/h2-7H,1H2;1-6H;3H,1H2,2H3;2*1-2H2. The van der Waals surface area contributed by atoms with Crippen molar-refractivity contribution >= 4 is 6.08 Å². The number of allylic oxidation sites excluding steroid dienone is 1. The van der Waals surface area contributed by atoms with Gasteiger partial charge in [0.15, 0.2) is 0 Å². The largest absolute Gasteiger partial charge is 0.106 e. The van der Waals surface area contributed by atoms with Gasteiger partial charge in [-0.15, -0.1) is 32.9 Å². The van der Waals surface area contributed by atoms with Gasteiger partial charge in [-0.25, -0.2) is 0 Å².